The molecule has 0 atom stereocenters. The molecule has 0 aromatic carbocycles. The number of rotatable bonds is 1. The predicted molar refractivity (Wildman–Crippen MR) is 73.7 cm³/mol. The lowest BCUT2D eigenvalue weighted by molar-refractivity contribution is -0.156. The highest BCUT2D eigenvalue weighted by Crippen LogP contribution is 2.70. The van der Waals surface area contributed by atoms with Crippen molar-refractivity contribution in [2.45, 2.75) is 77.0 Å². The van der Waals surface area contributed by atoms with Crippen molar-refractivity contribution in [1.29, 1.82) is 0 Å². The van der Waals surface area contributed by atoms with Crippen LogP contribution >= 0.6 is 0 Å². The highest BCUT2D eigenvalue weighted by molar-refractivity contribution is 5.68. The molecule has 3 rings (SSSR count). The topological polar surface area (TPSA) is 64.3 Å². The first-order chi connectivity index (χ1) is 8.69. The lowest BCUT2D eigenvalue weighted by atomic mass is 9.38. The van der Waals surface area contributed by atoms with Gasteiger partial charge in [0, 0.05) is 12.1 Å². The molecule has 3 aliphatic rings. The van der Waals surface area contributed by atoms with E-state index in [1.54, 1.807) is 0 Å². The zero-order chi connectivity index (χ0) is 13.9. The normalized spacial score (nSPS) is 44.2. The van der Waals surface area contributed by atoms with Gasteiger partial charge in [-0.15, -0.1) is 0 Å². The SMILES string of the molecule is CC(C)(C)OC(=O)NC1CC2(C1)CC1(CC(N)C1)C2. The average Bonchev–Trinajstić information content (AvgIpc) is 2.05. The van der Waals surface area contributed by atoms with Gasteiger partial charge in [0.15, 0.2) is 0 Å². The minimum absolute atomic E-state index is 0.271. The van der Waals surface area contributed by atoms with E-state index in [4.69, 9.17) is 10.5 Å². The summed E-state index contributed by atoms with van der Waals surface area (Å²) in [5, 5.41) is 2.98. The first-order valence-electron chi connectivity index (χ1n) is 7.45. The van der Waals surface area contributed by atoms with Gasteiger partial charge in [-0.25, -0.2) is 4.79 Å². The molecule has 3 aliphatic carbocycles. The van der Waals surface area contributed by atoms with Crippen molar-refractivity contribution >= 4 is 6.09 Å². The Morgan fingerprint density at radius 3 is 2.16 bits per heavy atom. The fourth-order valence-electron chi connectivity index (χ4n) is 4.73. The first-order valence-corrected chi connectivity index (χ1v) is 7.45. The summed E-state index contributed by atoms with van der Waals surface area (Å²) < 4.78 is 5.28. The van der Waals surface area contributed by atoms with E-state index in [1.165, 1.54) is 25.7 Å². The molecule has 0 saturated heterocycles. The van der Waals surface area contributed by atoms with Crippen LogP contribution in [0.5, 0.6) is 0 Å². The van der Waals surface area contributed by atoms with Crippen LogP contribution in [-0.4, -0.2) is 23.8 Å². The van der Waals surface area contributed by atoms with Crippen molar-refractivity contribution in [3.05, 3.63) is 0 Å². The maximum atomic E-state index is 11.7. The largest absolute Gasteiger partial charge is 0.444 e. The summed E-state index contributed by atoms with van der Waals surface area (Å²) in [5.74, 6) is 0. The minimum Gasteiger partial charge on any atom is -0.444 e. The second-order valence-corrected chi connectivity index (χ2v) is 8.27. The van der Waals surface area contributed by atoms with E-state index in [-0.39, 0.29) is 6.09 Å². The van der Waals surface area contributed by atoms with E-state index >= 15 is 0 Å². The fourth-order valence-corrected chi connectivity index (χ4v) is 4.73. The average molecular weight is 266 g/mol. The molecular formula is C15H26N2O2. The Balaban J connectivity index is 1.39. The summed E-state index contributed by atoms with van der Waals surface area (Å²) in [6.07, 6.45) is 7.09. The zero-order valence-corrected chi connectivity index (χ0v) is 12.3. The van der Waals surface area contributed by atoms with Gasteiger partial charge in [0.1, 0.15) is 5.60 Å². The second-order valence-electron chi connectivity index (χ2n) is 8.27. The van der Waals surface area contributed by atoms with Gasteiger partial charge in [0.25, 0.3) is 0 Å². The predicted octanol–water partition coefficient (Wildman–Crippen LogP) is 2.56. The molecule has 0 aromatic rings. The Morgan fingerprint density at radius 2 is 1.68 bits per heavy atom. The number of alkyl carbamates (subject to hydrolysis) is 1. The van der Waals surface area contributed by atoms with E-state index in [0.717, 1.165) is 12.8 Å². The first kappa shape index (κ1) is 13.2. The molecule has 1 amide bonds. The third kappa shape index (κ3) is 2.47. The standard InChI is InChI=1S/C15H26N2O2/c1-13(2,3)19-12(18)17-11-6-15(7-11)8-14(9-15)4-10(16)5-14/h10-11H,4-9,16H2,1-3H3,(H,17,18). The number of carbonyl (C=O) groups is 1. The van der Waals surface area contributed by atoms with E-state index in [9.17, 15) is 4.79 Å². The van der Waals surface area contributed by atoms with Gasteiger partial charge in [0.2, 0.25) is 0 Å². The van der Waals surface area contributed by atoms with Crippen LogP contribution in [0.4, 0.5) is 4.79 Å². The molecule has 3 N–H and O–H groups in total. The van der Waals surface area contributed by atoms with Crippen molar-refractivity contribution < 1.29 is 9.53 Å². The number of hydrogen-bond acceptors (Lipinski definition) is 3. The quantitative estimate of drug-likeness (QED) is 0.766. The molecule has 0 aliphatic heterocycles. The molecule has 0 radical (unpaired) electrons. The maximum absolute atomic E-state index is 11.7. The maximum Gasteiger partial charge on any atom is 0.407 e. The molecule has 108 valence electrons. The fraction of sp³-hybridized carbons (Fsp3) is 0.933. The molecule has 2 spiro atoms. The Labute approximate surface area is 115 Å². The van der Waals surface area contributed by atoms with E-state index in [0.29, 0.717) is 22.9 Å². The summed E-state index contributed by atoms with van der Waals surface area (Å²) in [5.41, 5.74) is 6.60. The van der Waals surface area contributed by atoms with Gasteiger partial charge < -0.3 is 15.8 Å². The minimum atomic E-state index is -0.409. The molecule has 0 heterocycles. The number of nitrogens with two attached hydrogens (primary N) is 1. The number of nitrogens with one attached hydrogen (secondary N) is 1. The zero-order valence-electron chi connectivity index (χ0n) is 12.3. The molecule has 0 unspecified atom stereocenters. The smallest absolute Gasteiger partial charge is 0.407 e. The van der Waals surface area contributed by atoms with Gasteiger partial charge in [-0.3, -0.25) is 0 Å². The van der Waals surface area contributed by atoms with Crippen LogP contribution in [0.2, 0.25) is 0 Å². The van der Waals surface area contributed by atoms with Crippen molar-refractivity contribution in [1.82, 2.24) is 5.32 Å². The van der Waals surface area contributed by atoms with Crippen molar-refractivity contribution in [3.63, 3.8) is 0 Å². The Bertz CT molecular complexity index is 377. The van der Waals surface area contributed by atoms with Gasteiger partial charge in [0.05, 0.1) is 0 Å². The number of amides is 1. The summed E-state index contributed by atoms with van der Waals surface area (Å²) >= 11 is 0. The molecule has 19 heavy (non-hydrogen) atoms. The summed E-state index contributed by atoms with van der Waals surface area (Å²) in [7, 11) is 0. The lowest BCUT2D eigenvalue weighted by Crippen LogP contribution is -2.64. The summed E-state index contributed by atoms with van der Waals surface area (Å²) in [4.78, 5) is 11.7. The molecule has 4 heteroatoms. The van der Waals surface area contributed by atoms with Gasteiger partial charge in [-0.2, -0.15) is 0 Å². The van der Waals surface area contributed by atoms with Gasteiger partial charge in [-0.05, 0) is 70.1 Å². The lowest BCUT2D eigenvalue weighted by Gasteiger charge is -2.68. The monoisotopic (exact) mass is 266 g/mol. The van der Waals surface area contributed by atoms with Crippen LogP contribution < -0.4 is 11.1 Å². The Morgan fingerprint density at radius 1 is 1.16 bits per heavy atom. The van der Waals surface area contributed by atoms with E-state index in [2.05, 4.69) is 5.32 Å². The molecule has 0 bridgehead atoms. The van der Waals surface area contributed by atoms with Gasteiger partial charge >= 0.3 is 6.09 Å². The number of hydrogen-bond donors (Lipinski definition) is 2. The summed E-state index contributed by atoms with van der Waals surface area (Å²) in [6.45, 7) is 5.68. The van der Waals surface area contributed by atoms with E-state index < -0.39 is 5.60 Å². The molecule has 4 nitrogen and oxygen atoms in total. The Kier molecular flexibility index (Phi) is 2.70. The summed E-state index contributed by atoms with van der Waals surface area (Å²) in [6, 6.07) is 0.772. The van der Waals surface area contributed by atoms with Crippen molar-refractivity contribution in [2.75, 3.05) is 0 Å². The highest BCUT2D eigenvalue weighted by Gasteiger charge is 2.63. The highest BCUT2D eigenvalue weighted by atomic mass is 16.6. The molecule has 3 saturated carbocycles. The van der Waals surface area contributed by atoms with Crippen LogP contribution in [0.3, 0.4) is 0 Å². The van der Waals surface area contributed by atoms with Crippen LogP contribution in [0.15, 0.2) is 0 Å². The number of carbonyl (C=O) groups excluding carboxylic acids is 1. The van der Waals surface area contributed by atoms with Crippen LogP contribution in [-0.2, 0) is 4.74 Å². The number of ether oxygens (including phenoxy) is 1. The molecule has 0 aromatic heterocycles. The molecular weight excluding hydrogens is 240 g/mol. The van der Waals surface area contributed by atoms with Crippen molar-refractivity contribution in [3.8, 4) is 0 Å². The van der Waals surface area contributed by atoms with Crippen LogP contribution in [0.25, 0.3) is 0 Å². The van der Waals surface area contributed by atoms with Crippen LogP contribution in [0.1, 0.15) is 59.3 Å². The third-order valence-electron chi connectivity index (χ3n) is 4.97. The third-order valence-corrected chi connectivity index (χ3v) is 4.97. The van der Waals surface area contributed by atoms with Crippen LogP contribution in [0, 0.1) is 10.8 Å². The van der Waals surface area contributed by atoms with Gasteiger partial charge in [-0.1, -0.05) is 0 Å². The van der Waals surface area contributed by atoms with E-state index in [1.807, 2.05) is 20.8 Å². The second kappa shape index (κ2) is 3.87. The van der Waals surface area contributed by atoms with Crippen molar-refractivity contribution in [2.24, 2.45) is 16.6 Å². The Hall–Kier alpha value is -0.770. The molecule has 3 fully saturated rings.